The lowest BCUT2D eigenvalue weighted by Crippen LogP contribution is -2.43. The number of amides is 2. The van der Waals surface area contributed by atoms with Crippen LogP contribution in [0.2, 0.25) is 0 Å². The predicted molar refractivity (Wildman–Crippen MR) is 96.3 cm³/mol. The Morgan fingerprint density at radius 1 is 1.24 bits per heavy atom. The number of carbonyl (C=O) groups excluding carboxylic acids is 2. The standard InChI is InChI=1S/C19H24N4O2/c1-15(23-13-7-11-20-23)19(25)21(2)14-18(24)22-12-6-5-9-16-8-3-4-10-17(16)22/h3-4,7-8,10-11,13,15H,5-6,9,12,14H2,1-2H3. The highest BCUT2D eigenvalue weighted by Gasteiger charge is 2.25. The number of anilines is 1. The van der Waals surface area contributed by atoms with Gasteiger partial charge in [0.25, 0.3) is 0 Å². The zero-order chi connectivity index (χ0) is 17.8. The number of para-hydroxylation sites is 1. The third-order valence-electron chi connectivity index (χ3n) is 4.69. The molecule has 0 saturated heterocycles. The molecule has 0 radical (unpaired) electrons. The van der Waals surface area contributed by atoms with E-state index in [0.717, 1.165) is 24.9 Å². The molecule has 3 rings (SSSR count). The van der Waals surface area contributed by atoms with Gasteiger partial charge in [0.05, 0.1) is 6.54 Å². The largest absolute Gasteiger partial charge is 0.335 e. The van der Waals surface area contributed by atoms with Crippen LogP contribution in [0.3, 0.4) is 0 Å². The Kier molecular flexibility index (Phi) is 5.16. The van der Waals surface area contributed by atoms with E-state index < -0.39 is 6.04 Å². The van der Waals surface area contributed by atoms with E-state index in [4.69, 9.17) is 0 Å². The van der Waals surface area contributed by atoms with E-state index in [-0.39, 0.29) is 18.4 Å². The number of benzene rings is 1. The van der Waals surface area contributed by atoms with Gasteiger partial charge in [-0.2, -0.15) is 5.10 Å². The average Bonchev–Trinajstić information content (AvgIpc) is 3.07. The van der Waals surface area contributed by atoms with E-state index in [1.807, 2.05) is 23.1 Å². The molecule has 0 fully saturated rings. The molecule has 0 saturated carbocycles. The number of aromatic nitrogens is 2. The molecule has 1 unspecified atom stereocenters. The van der Waals surface area contributed by atoms with Crippen molar-refractivity contribution in [2.45, 2.75) is 32.2 Å². The van der Waals surface area contributed by atoms with Crippen LogP contribution in [0, 0.1) is 0 Å². The number of carbonyl (C=O) groups is 2. The quantitative estimate of drug-likeness (QED) is 0.858. The molecule has 25 heavy (non-hydrogen) atoms. The molecule has 0 bridgehead atoms. The molecule has 0 aliphatic carbocycles. The first-order valence-electron chi connectivity index (χ1n) is 8.70. The second-order valence-electron chi connectivity index (χ2n) is 6.49. The van der Waals surface area contributed by atoms with Crippen molar-refractivity contribution in [3.63, 3.8) is 0 Å². The molecule has 6 nitrogen and oxygen atoms in total. The van der Waals surface area contributed by atoms with Crippen LogP contribution in [0.15, 0.2) is 42.7 Å². The van der Waals surface area contributed by atoms with Crippen molar-refractivity contribution >= 4 is 17.5 Å². The molecular formula is C19H24N4O2. The molecule has 132 valence electrons. The highest BCUT2D eigenvalue weighted by molar-refractivity contribution is 5.97. The van der Waals surface area contributed by atoms with Crippen LogP contribution in [-0.2, 0) is 16.0 Å². The summed E-state index contributed by atoms with van der Waals surface area (Å²) in [5.74, 6) is -0.168. The highest BCUT2D eigenvalue weighted by Crippen LogP contribution is 2.26. The predicted octanol–water partition coefficient (Wildman–Crippen LogP) is 2.27. The molecule has 1 atom stereocenters. The van der Waals surface area contributed by atoms with Crippen molar-refractivity contribution in [1.29, 1.82) is 0 Å². The van der Waals surface area contributed by atoms with Crippen LogP contribution in [0.4, 0.5) is 5.69 Å². The third-order valence-corrected chi connectivity index (χ3v) is 4.69. The van der Waals surface area contributed by atoms with Crippen LogP contribution in [0.5, 0.6) is 0 Å². The summed E-state index contributed by atoms with van der Waals surface area (Å²) < 4.78 is 1.60. The Labute approximate surface area is 148 Å². The van der Waals surface area contributed by atoms with Crippen LogP contribution in [0.1, 0.15) is 31.4 Å². The Morgan fingerprint density at radius 3 is 2.80 bits per heavy atom. The Hall–Kier alpha value is -2.63. The minimum absolute atomic E-state index is 0.0436. The molecule has 6 heteroatoms. The van der Waals surface area contributed by atoms with Gasteiger partial charge in [-0.3, -0.25) is 14.3 Å². The second-order valence-corrected chi connectivity index (χ2v) is 6.49. The summed E-state index contributed by atoms with van der Waals surface area (Å²) >= 11 is 0. The normalized spacial score (nSPS) is 15.2. The fourth-order valence-corrected chi connectivity index (χ4v) is 3.26. The first kappa shape index (κ1) is 17.2. The van der Waals surface area contributed by atoms with Gasteiger partial charge in [-0.05, 0) is 43.9 Å². The van der Waals surface area contributed by atoms with E-state index >= 15 is 0 Å². The molecule has 0 spiro atoms. The van der Waals surface area contributed by atoms with Gasteiger partial charge in [-0.25, -0.2) is 0 Å². The zero-order valence-corrected chi connectivity index (χ0v) is 14.8. The number of hydrogen-bond acceptors (Lipinski definition) is 3. The van der Waals surface area contributed by atoms with Crippen molar-refractivity contribution in [1.82, 2.24) is 14.7 Å². The summed E-state index contributed by atoms with van der Waals surface area (Å²) in [6.45, 7) is 2.56. The lowest BCUT2D eigenvalue weighted by molar-refractivity contribution is -0.136. The first-order chi connectivity index (χ1) is 12.1. The van der Waals surface area contributed by atoms with Gasteiger partial charge in [0.2, 0.25) is 11.8 Å². The maximum absolute atomic E-state index is 12.8. The average molecular weight is 340 g/mol. The Balaban J connectivity index is 1.70. The summed E-state index contributed by atoms with van der Waals surface area (Å²) in [6, 6.07) is 9.39. The smallest absolute Gasteiger partial charge is 0.247 e. The van der Waals surface area contributed by atoms with Crippen molar-refractivity contribution in [2.75, 3.05) is 25.0 Å². The van der Waals surface area contributed by atoms with Gasteiger partial charge in [-0.15, -0.1) is 0 Å². The van der Waals surface area contributed by atoms with E-state index in [0.29, 0.717) is 6.54 Å². The number of rotatable bonds is 4. The molecule has 2 aromatic rings. The van der Waals surface area contributed by atoms with Crippen LogP contribution < -0.4 is 4.90 Å². The van der Waals surface area contributed by atoms with E-state index in [2.05, 4.69) is 11.2 Å². The molecule has 2 amide bonds. The summed E-state index contributed by atoms with van der Waals surface area (Å²) in [4.78, 5) is 28.7. The molecule has 1 aromatic carbocycles. The van der Waals surface area contributed by atoms with Crippen molar-refractivity contribution in [3.05, 3.63) is 48.3 Å². The molecular weight excluding hydrogens is 316 g/mol. The molecule has 1 aliphatic rings. The number of nitrogens with zero attached hydrogens (tertiary/aromatic N) is 4. The summed E-state index contributed by atoms with van der Waals surface area (Å²) in [6.07, 6.45) is 6.44. The van der Waals surface area contributed by atoms with Gasteiger partial charge in [0.15, 0.2) is 0 Å². The van der Waals surface area contributed by atoms with E-state index in [9.17, 15) is 9.59 Å². The summed E-state index contributed by atoms with van der Waals surface area (Å²) in [7, 11) is 1.67. The summed E-state index contributed by atoms with van der Waals surface area (Å²) in [5, 5.41) is 4.10. The van der Waals surface area contributed by atoms with Gasteiger partial charge >= 0.3 is 0 Å². The fourth-order valence-electron chi connectivity index (χ4n) is 3.26. The SMILES string of the molecule is CC(C(=O)N(C)CC(=O)N1CCCCc2ccccc21)n1cccn1. The Morgan fingerprint density at radius 2 is 2.04 bits per heavy atom. The van der Waals surface area contributed by atoms with E-state index in [1.54, 1.807) is 37.1 Å². The van der Waals surface area contributed by atoms with Crippen molar-refractivity contribution in [3.8, 4) is 0 Å². The molecule has 1 aromatic heterocycles. The van der Waals surface area contributed by atoms with Gasteiger partial charge in [-0.1, -0.05) is 18.2 Å². The monoisotopic (exact) mass is 340 g/mol. The number of likely N-dealkylation sites (N-methyl/N-ethyl adjacent to an activating group) is 1. The zero-order valence-electron chi connectivity index (χ0n) is 14.8. The minimum Gasteiger partial charge on any atom is -0.335 e. The number of hydrogen-bond donors (Lipinski definition) is 0. The number of fused-ring (bicyclic) bond motifs is 1. The molecule has 2 heterocycles. The lowest BCUT2D eigenvalue weighted by atomic mass is 10.1. The summed E-state index contributed by atoms with van der Waals surface area (Å²) in [5.41, 5.74) is 2.18. The fraction of sp³-hybridized carbons (Fsp3) is 0.421. The topological polar surface area (TPSA) is 58.4 Å². The van der Waals surface area contributed by atoms with Crippen molar-refractivity contribution in [2.24, 2.45) is 0 Å². The van der Waals surface area contributed by atoms with Crippen LogP contribution in [-0.4, -0.2) is 46.6 Å². The third kappa shape index (κ3) is 3.73. The van der Waals surface area contributed by atoms with Crippen LogP contribution in [0.25, 0.3) is 0 Å². The van der Waals surface area contributed by atoms with E-state index in [1.165, 1.54) is 10.5 Å². The molecule has 1 aliphatic heterocycles. The maximum Gasteiger partial charge on any atom is 0.247 e. The maximum atomic E-state index is 12.8. The minimum atomic E-state index is -0.427. The van der Waals surface area contributed by atoms with Gasteiger partial charge in [0.1, 0.15) is 6.04 Å². The molecule has 0 N–H and O–H groups in total. The second kappa shape index (κ2) is 7.51. The Bertz CT molecular complexity index is 742. The van der Waals surface area contributed by atoms with Crippen molar-refractivity contribution < 1.29 is 9.59 Å². The van der Waals surface area contributed by atoms with Crippen LogP contribution >= 0.6 is 0 Å². The van der Waals surface area contributed by atoms with Gasteiger partial charge < -0.3 is 9.80 Å². The number of aryl methyl sites for hydroxylation is 1. The highest BCUT2D eigenvalue weighted by atomic mass is 16.2. The van der Waals surface area contributed by atoms with Gasteiger partial charge in [0, 0.05) is 31.7 Å². The lowest BCUT2D eigenvalue weighted by Gasteiger charge is -2.27. The first-order valence-corrected chi connectivity index (χ1v) is 8.70.